The molecule has 0 spiro atoms. The number of aryl methyl sites for hydroxylation is 1. The third-order valence-corrected chi connectivity index (χ3v) is 4.07. The normalized spacial score (nSPS) is 10.7. The number of nitrogens with zero attached hydrogens (tertiary/aromatic N) is 3. The number of carbonyl (C=O) groups is 1. The highest BCUT2D eigenvalue weighted by molar-refractivity contribution is 5.76. The van der Waals surface area contributed by atoms with Crippen LogP contribution in [0.5, 0.6) is 0 Å². The first-order valence-corrected chi connectivity index (χ1v) is 8.56. The van der Waals surface area contributed by atoms with Gasteiger partial charge in [-0.05, 0) is 24.6 Å². The molecule has 3 rings (SSSR count). The fourth-order valence-electron chi connectivity index (χ4n) is 2.65. The molecule has 1 heterocycles. The smallest absolute Gasteiger partial charge is 0.250 e. The average molecular weight is 353 g/mol. The fraction of sp³-hybridized carbons (Fsp3) is 0.250. The van der Waals surface area contributed by atoms with Crippen LogP contribution in [0.1, 0.15) is 24.8 Å². The zero-order valence-corrected chi connectivity index (χ0v) is 14.6. The van der Waals surface area contributed by atoms with Gasteiger partial charge in [-0.3, -0.25) is 4.79 Å². The number of rotatable bonds is 7. The van der Waals surface area contributed by atoms with Crippen molar-refractivity contribution in [2.75, 3.05) is 6.54 Å². The molecule has 26 heavy (non-hydrogen) atoms. The van der Waals surface area contributed by atoms with Gasteiger partial charge in [0.1, 0.15) is 5.82 Å². The second-order valence-corrected chi connectivity index (χ2v) is 5.87. The lowest BCUT2D eigenvalue weighted by Gasteiger charge is -2.20. The van der Waals surface area contributed by atoms with Gasteiger partial charge in [-0.2, -0.15) is 0 Å². The summed E-state index contributed by atoms with van der Waals surface area (Å²) in [5, 5.41) is 7.80. The molecule has 0 unspecified atom stereocenters. The number of hydrogen-bond donors (Lipinski definition) is 0. The van der Waals surface area contributed by atoms with Crippen molar-refractivity contribution in [1.29, 1.82) is 0 Å². The molecule has 1 aromatic heterocycles. The maximum atomic E-state index is 13.8. The molecule has 1 amide bonds. The summed E-state index contributed by atoms with van der Waals surface area (Å²) in [5.41, 5.74) is 1.35. The molecule has 6 heteroatoms. The highest BCUT2D eigenvalue weighted by atomic mass is 19.1. The molecule has 134 valence electrons. The number of aromatic nitrogens is 2. The minimum absolute atomic E-state index is 0.0157. The number of hydrogen-bond acceptors (Lipinski definition) is 4. The third kappa shape index (κ3) is 4.33. The van der Waals surface area contributed by atoms with Crippen LogP contribution in [0.4, 0.5) is 4.39 Å². The van der Waals surface area contributed by atoms with E-state index in [4.69, 9.17) is 4.42 Å². The van der Waals surface area contributed by atoms with Crippen LogP contribution in [-0.4, -0.2) is 27.5 Å². The molecule has 0 bridgehead atoms. The maximum absolute atomic E-state index is 13.8. The van der Waals surface area contributed by atoms with Crippen molar-refractivity contribution in [2.24, 2.45) is 0 Å². The van der Waals surface area contributed by atoms with E-state index in [9.17, 15) is 9.18 Å². The first kappa shape index (κ1) is 17.8. The van der Waals surface area contributed by atoms with E-state index < -0.39 is 5.82 Å². The number of carbonyl (C=O) groups excluding carboxylic acids is 1. The Hall–Kier alpha value is -3.02. The predicted octanol–water partition coefficient (Wildman–Crippen LogP) is 3.86. The van der Waals surface area contributed by atoms with Crippen molar-refractivity contribution < 1.29 is 13.6 Å². The Bertz CT molecular complexity index is 864. The van der Waals surface area contributed by atoms with Crippen LogP contribution in [0.25, 0.3) is 11.5 Å². The van der Waals surface area contributed by atoms with Crippen LogP contribution in [0.15, 0.2) is 59.0 Å². The molecule has 0 saturated carbocycles. The fourth-order valence-corrected chi connectivity index (χ4v) is 2.65. The molecular weight excluding hydrogens is 333 g/mol. The monoisotopic (exact) mass is 353 g/mol. The second kappa shape index (κ2) is 8.38. The summed E-state index contributed by atoms with van der Waals surface area (Å²) in [6.07, 6.45) is 0.588. The molecular formula is C20H20FN3O2. The van der Waals surface area contributed by atoms with E-state index in [2.05, 4.69) is 10.2 Å². The summed E-state index contributed by atoms with van der Waals surface area (Å²) in [6.45, 7) is 3.14. The summed E-state index contributed by atoms with van der Waals surface area (Å²) in [4.78, 5) is 14.2. The van der Waals surface area contributed by atoms with Gasteiger partial charge in [-0.1, -0.05) is 42.5 Å². The molecule has 0 aliphatic carbocycles. The van der Waals surface area contributed by atoms with Crippen LogP contribution >= 0.6 is 0 Å². The predicted molar refractivity (Wildman–Crippen MR) is 95.5 cm³/mol. The SMILES string of the molecule is CCN(Cc1ccccc1)C(=O)CCc1nnc(-c2ccccc2F)o1. The Morgan fingerprint density at radius 1 is 1.08 bits per heavy atom. The molecule has 0 saturated heterocycles. The lowest BCUT2D eigenvalue weighted by Crippen LogP contribution is -2.30. The van der Waals surface area contributed by atoms with Crippen molar-refractivity contribution >= 4 is 5.91 Å². The van der Waals surface area contributed by atoms with Gasteiger partial charge in [-0.15, -0.1) is 10.2 Å². The first-order chi connectivity index (χ1) is 12.7. The molecule has 0 fully saturated rings. The Morgan fingerprint density at radius 3 is 2.54 bits per heavy atom. The molecule has 0 N–H and O–H groups in total. The van der Waals surface area contributed by atoms with Crippen molar-refractivity contribution in [1.82, 2.24) is 15.1 Å². The van der Waals surface area contributed by atoms with Gasteiger partial charge in [0.25, 0.3) is 5.89 Å². The molecule has 0 aliphatic rings. The lowest BCUT2D eigenvalue weighted by molar-refractivity contribution is -0.131. The zero-order chi connectivity index (χ0) is 18.4. The molecule has 0 atom stereocenters. The van der Waals surface area contributed by atoms with E-state index in [0.717, 1.165) is 5.56 Å². The molecule has 0 radical (unpaired) electrons. The van der Waals surface area contributed by atoms with Crippen LogP contribution in [-0.2, 0) is 17.8 Å². The molecule has 5 nitrogen and oxygen atoms in total. The molecule has 2 aromatic carbocycles. The van der Waals surface area contributed by atoms with Crippen molar-refractivity contribution in [3.8, 4) is 11.5 Å². The summed E-state index contributed by atoms with van der Waals surface area (Å²) < 4.78 is 19.3. The van der Waals surface area contributed by atoms with Crippen LogP contribution < -0.4 is 0 Å². The maximum Gasteiger partial charge on any atom is 0.250 e. The third-order valence-electron chi connectivity index (χ3n) is 4.07. The van der Waals surface area contributed by atoms with E-state index in [-0.39, 0.29) is 23.8 Å². The summed E-state index contributed by atoms with van der Waals surface area (Å²) in [7, 11) is 0. The van der Waals surface area contributed by atoms with Crippen molar-refractivity contribution in [3.05, 3.63) is 71.9 Å². The van der Waals surface area contributed by atoms with E-state index in [1.807, 2.05) is 37.3 Å². The topological polar surface area (TPSA) is 59.2 Å². The Morgan fingerprint density at radius 2 is 1.81 bits per heavy atom. The summed E-state index contributed by atoms with van der Waals surface area (Å²) >= 11 is 0. The Labute approximate surface area is 151 Å². The van der Waals surface area contributed by atoms with E-state index in [1.165, 1.54) is 6.07 Å². The van der Waals surface area contributed by atoms with Gasteiger partial charge >= 0.3 is 0 Å². The second-order valence-electron chi connectivity index (χ2n) is 5.87. The van der Waals surface area contributed by atoms with Crippen LogP contribution in [0, 0.1) is 5.82 Å². The van der Waals surface area contributed by atoms with Crippen molar-refractivity contribution in [2.45, 2.75) is 26.3 Å². The Balaban J connectivity index is 1.60. The summed E-state index contributed by atoms with van der Waals surface area (Å²) in [5.74, 6) is 0.0512. The van der Waals surface area contributed by atoms with Gasteiger partial charge in [0, 0.05) is 25.9 Å². The Kier molecular flexibility index (Phi) is 5.73. The highest BCUT2D eigenvalue weighted by Gasteiger charge is 2.16. The minimum atomic E-state index is -0.418. The number of benzene rings is 2. The summed E-state index contributed by atoms with van der Waals surface area (Å²) in [6, 6.07) is 16.1. The lowest BCUT2D eigenvalue weighted by atomic mass is 10.2. The van der Waals surface area contributed by atoms with E-state index in [0.29, 0.717) is 25.4 Å². The van der Waals surface area contributed by atoms with Crippen LogP contribution in [0.3, 0.4) is 0 Å². The van der Waals surface area contributed by atoms with Gasteiger partial charge in [0.05, 0.1) is 5.56 Å². The van der Waals surface area contributed by atoms with E-state index in [1.54, 1.807) is 23.1 Å². The van der Waals surface area contributed by atoms with Crippen molar-refractivity contribution in [3.63, 3.8) is 0 Å². The molecule has 0 aliphatic heterocycles. The number of amides is 1. The van der Waals surface area contributed by atoms with Gasteiger partial charge in [-0.25, -0.2) is 4.39 Å². The number of halogens is 1. The van der Waals surface area contributed by atoms with Gasteiger partial charge in [0.15, 0.2) is 0 Å². The van der Waals surface area contributed by atoms with Crippen LogP contribution in [0.2, 0.25) is 0 Å². The highest BCUT2D eigenvalue weighted by Crippen LogP contribution is 2.21. The first-order valence-electron chi connectivity index (χ1n) is 8.56. The quantitative estimate of drug-likeness (QED) is 0.647. The standard InChI is InChI=1S/C20H20FN3O2/c1-2-24(14-15-8-4-3-5-9-15)19(25)13-12-18-22-23-20(26-18)16-10-6-7-11-17(16)21/h3-11H,2,12-14H2,1H3. The van der Waals surface area contributed by atoms with E-state index >= 15 is 0 Å². The molecule has 3 aromatic rings. The van der Waals surface area contributed by atoms with Gasteiger partial charge in [0.2, 0.25) is 11.8 Å². The zero-order valence-electron chi connectivity index (χ0n) is 14.6. The largest absolute Gasteiger partial charge is 0.421 e. The van der Waals surface area contributed by atoms with Gasteiger partial charge < -0.3 is 9.32 Å². The minimum Gasteiger partial charge on any atom is -0.421 e. The average Bonchev–Trinajstić information content (AvgIpc) is 3.14.